The molecule has 0 aliphatic rings. The van der Waals surface area contributed by atoms with Crippen molar-refractivity contribution in [2.24, 2.45) is 0 Å². The van der Waals surface area contributed by atoms with Crippen molar-refractivity contribution in [2.75, 3.05) is 0 Å². The molecular formula is C11H12ClN3O2. The monoisotopic (exact) mass is 253 g/mol. The molecule has 0 aromatic carbocycles. The molecule has 2 aromatic heterocycles. The average Bonchev–Trinajstić information content (AvgIpc) is 2.53. The molecule has 6 heteroatoms. The number of hydrogen-bond acceptors (Lipinski definition) is 4. The highest BCUT2D eigenvalue weighted by Gasteiger charge is 2.12. The van der Waals surface area contributed by atoms with Crippen molar-refractivity contribution in [1.29, 1.82) is 0 Å². The zero-order chi connectivity index (χ0) is 12.6. The van der Waals surface area contributed by atoms with Gasteiger partial charge in [0.2, 0.25) is 0 Å². The van der Waals surface area contributed by atoms with Crippen LogP contribution >= 0.6 is 11.6 Å². The lowest BCUT2D eigenvalue weighted by atomic mass is 10.2. The lowest BCUT2D eigenvalue weighted by Crippen LogP contribution is -2.23. The van der Waals surface area contributed by atoms with Crippen molar-refractivity contribution >= 4 is 11.6 Å². The van der Waals surface area contributed by atoms with E-state index in [-0.39, 0.29) is 10.7 Å². The summed E-state index contributed by atoms with van der Waals surface area (Å²) < 4.78 is 6.60. The van der Waals surface area contributed by atoms with Crippen LogP contribution in [0.15, 0.2) is 15.4 Å². The number of hydrogen-bond donors (Lipinski definition) is 0. The standard InChI is InChI=1S/C11H12ClN3O2/c1-6-9(7(2)17-14-6)5-15-8(3)13-10(12)4-11(15)16/h4H,5H2,1-3H3. The first-order chi connectivity index (χ1) is 7.99. The van der Waals surface area contributed by atoms with E-state index in [0.717, 1.165) is 11.3 Å². The SMILES string of the molecule is Cc1noc(C)c1Cn1c(C)nc(Cl)cc1=O. The molecule has 2 rings (SSSR count). The highest BCUT2D eigenvalue weighted by atomic mass is 35.5. The third-order valence-corrected chi connectivity index (χ3v) is 2.86. The Morgan fingerprint density at radius 1 is 1.41 bits per heavy atom. The molecule has 0 N–H and O–H groups in total. The van der Waals surface area contributed by atoms with Gasteiger partial charge in [0.05, 0.1) is 12.2 Å². The van der Waals surface area contributed by atoms with Gasteiger partial charge in [-0.05, 0) is 20.8 Å². The number of halogens is 1. The number of rotatable bonds is 2. The second-order valence-electron chi connectivity index (χ2n) is 3.85. The van der Waals surface area contributed by atoms with E-state index in [9.17, 15) is 4.79 Å². The molecule has 0 atom stereocenters. The van der Waals surface area contributed by atoms with Gasteiger partial charge in [-0.1, -0.05) is 16.8 Å². The quantitative estimate of drug-likeness (QED) is 0.767. The Hall–Kier alpha value is -1.62. The summed E-state index contributed by atoms with van der Waals surface area (Å²) in [5, 5.41) is 4.06. The smallest absolute Gasteiger partial charge is 0.255 e. The van der Waals surface area contributed by atoms with Crippen LogP contribution in [-0.2, 0) is 6.54 Å². The fraction of sp³-hybridized carbons (Fsp3) is 0.364. The van der Waals surface area contributed by atoms with Gasteiger partial charge in [0.25, 0.3) is 5.56 Å². The molecule has 0 aliphatic heterocycles. The molecule has 2 heterocycles. The molecule has 0 saturated heterocycles. The summed E-state index contributed by atoms with van der Waals surface area (Å²) in [5.74, 6) is 1.28. The number of aromatic nitrogens is 3. The normalized spacial score (nSPS) is 10.8. The molecular weight excluding hydrogens is 242 g/mol. The van der Waals surface area contributed by atoms with Gasteiger partial charge >= 0.3 is 0 Å². The molecule has 90 valence electrons. The second-order valence-corrected chi connectivity index (χ2v) is 4.24. The van der Waals surface area contributed by atoms with Gasteiger partial charge in [-0.15, -0.1) is 0 Å². The van der Waals surface area contributed by atoms with Gasteiger partial charge in [-0.3, -0.25) is 9.36 Å². The average molecular weight is 254 g/mol. The molecule has 0 spiro atoms. The van der Waals surface area contributed by atoms with Crippen LogP contribution in [-0.4, -0.2) is 14.7 Å². The van der Waals surface area contributed by atoms with E-state index in [1.54, 1.807) is 11.5 Å². The molecule has 0 radical (unpaired) electrons. The Kier molecular flexibility index (Phi) is 3.02. The first kappa shape index (κ1) is 11.9. The van der Waals surface area contributed by atoms with E-state index in [1.165, 1.54) is 6.07 Å². The zero-order valence-corrected chi connectivity index (χ0v) is 10.6. The van der Waals surface area contributed by atoms with Crippen molar-refractivity contribution in [2.45, 2.75) is 27.3 Å². The predicted molar refractivity (Wildman–Crippen MR) is 63.3 cm³/mol. The predicted octanol–water partition coefficient (Wildman–Crippen LogP) is 1.86. The molecule has 0 amide bonds. The molecule has 0 fully saturated rings. The molecule has 0 bridgehead atoms. The Bertz CT molecular complexity index is 596. The summed E-state index contributed by atoms with van der Waals surface area (Å²) in [6, 6.07) is 1.30. The topological polar surface area (TPSA) is 60.9 Å². The van der Waals surface area contributed by atoms with Crippen LogP contribution in [0.2, 0.25) is 5.15 Å². The maximum atomic E-state index is 11.8. The van der Waals surface area contributed by atoms with Gasteiger partial charge in [0.1, 0.15) is 16.7 Å². The Morgan fingerprint density at radius 2 is 2.12 bits per heavy atom. The van der Waals surface area contributed by atoms with Gasteiger partial charge in [0.15, 0.2) is 0 Å². The summed E-state index contributed by atoms with van der Waals surface area (Å²) in [4.78, 5) is 15.8. The van der Waals surface area contributed by atoms with Crippen molar-refractivity contribution in [3.8, 4) is 0 Å². The van der Waals surface area contributed by atoms with Crippen LogP contribution in [0.25, 0.3) is 0 Å². The fourth-order valence-electron chi connectivity index (χ4n) is 1.66. The Labute approximate surface area is 103 Å². The summed E-state index contributed by atoms with van der Waals surface area (Å²) in [6.07, 6.45) is 0. The van der Waals surface area contributed by atoms with Crippen LogP contribution in [0.5, 0.6) is 0 Å². The van der Waals surface area contributed by atoms with E-state index in [2.05, 4.69) is 10.1 Å². The number of nitrogens with zero attached hydrogens (tertiary/aromatic N) is 3. The Morgan fingerprint density at radius 3 is 2.65 bits per heavy atom. The van der Waals surface area contributed by atoms with E-state index < -0.39 is 0 Å². The largest absolute Gasteiger partial charge is 0.361 e. The maximum Gasteiger partial charge on any atom is 0.255 e. The second kappa shape index (κ2) is 4.33. The van der Waals surface area contributed by atoms with Gasteiger partial charge in [-0.25, -0.2) is 4.98 Å². The van der Waals surface area contributed by atoms with Gasteiger partial charge in [-0.2, -0.15) is 0 Å². The van der Waals surface area contributed by atoms with E-state index in [4.69, 9.17) is 16.1 Å². The molecule has 0 unspecified atom stereocenters. The minimum atomic E-state index is -0.178. The third kappa shape index (κ3) is 2.24. The highest BCUT2D eigenvalue weighted by Crippen LogP contribution is 2.14. The summed E-state index contributed by atoms with van der Waals surface area (Å²) >= 11 is 5.71. The highest BCUT2D eigenvalue weighted by molar-refractivity contribution is 6.29. The van der Waals surface area contributed by atoms with Crippen LogP contribution < -0.4 is 5.56 Å². The summed E-state index contributed by atoms with van der Waals surface area (Å²) in [5.41, 5.74) is 1.51. The van der Waals surface area contributed by atoms with Crippen molar-refractivity contribution in [1.82, 2.24) is 14.7 Å². The minimum Gasteiger partial charge on any atom is -0.361 e. The van der Waals surface area contributed by atoms with Crippen LogP contribution in [0.1, 0.15) is 22.8 Å². The van der Waals surface area contributed by atoms with Gasteiger partial charge < -0.3 is 4.52 Å². The van der Waals surface area contributed by atoms with Crippen molar-refractivity contribution < 1.29 is 4.52 Å². The summed E-state index contributed by atoms with van der Waals surface area (Å²) in [6.45, 7) is 5.80. The van der Waals surface area contributed by atoms with E-state index in [1.807, 2.05) is 13.8 Å². The zero-order valence-electron chi connectivity index (χ0n) is 9.82. The lowest BCUT2D eigenvalue weighted by molar-refractivity contribution is 0.392. The van der Waals surface area contributed by atoms with Crippen LogP contribution in [0.3, 0.4) is 0 Å². The molecule has 5 nitrogen and oxygen atoms in total. The van der Waals surface area contributed by atoms with E-state index in [0.29, 0.717) is 18.1 Å². The van der Waals surface area contributed by atoms with Crippen LogP contribution in [0, 0.1) is 20.8 Å². The van der Waals surface area contributed by atoms with Crippen molar-refractivity contribution in [3.05, 3.63) is 44.4 Å². The maximum absolute atomic E-state index is 11.8. The molecule has 2 aromatic rings. The van der Waals surface area contributed by atoms with E-state index >= 15 is 0 Å². The molecule has 0 aliphatic carbocycles. The third-order valence-electron chi connectivity index (χ3n) is 2.67. The lowest BCUT2D eigenvalue weighted by Gasteiger charge is -2.08. The van der Waals surface area contributed by atoms with Crippen LogP contribution in [0.4, 0.5) is 0 Å². The molecule has 17 heavy (non-hydrogen) atoms. The van der Waals surface area contributed by atoms with Gasteiger partial charge in [0, 0.05) is 11.6 Å². The summed E-state index contributed by atoms with van der Waals surface area (Å²) in [7, 11) is 0. The molecule has 0 saturated carbocycles. The van der Waals surface area contributed by atoms with Crippen molar-refractivity contribution in [3.63, 3.8) is 0 Å². The first-order valence-electron chi connectivity index (χ1n) is 5.14. The minimum absolute atomic E-state index is 0.178. The Balaban J connectivity index is 2.47. The number of aryl methyl sites for hydroxylation is 3. The fourth-order valence-corrected chi connectivity index (χ4v) is 1.88. The first-order valence-corrected chi connectivity index (χ1v) is 5.52.